The van der Waals surface area contributed by atoms with Crippen molar-refractivity contribution >= 4 is 11.8 Å². The molecule has 0 bridgehead atoms. The van der Waals surface area contributed by atoms with Gasteiger partial charge in [0.15, 0.2) is 0 Å². The zero-order valence-electron chi connectivity index (χ0n) is 10.7. The predicted molar refractivity (Wildman–Crippen MR) is 66.8 cm³/mol. The Kier molecular flexibility index (Phi) is 4.49. The van der Waals surface area contributed by atoms with Crippen LogP contribution in [-0.2, 0) is 14.3 Å². The summed E-state index contributed by atoms with van der Waals surface area (Å²) >= 11 is 0. The van der Waals surface area contributed by atoms with Crippen LogP contribution < -0.4 is 5.32 Å². The molecule has 0 saturated carbocycles. The van der Waals surface area contributed by atoms with Gasteiger partial charge < -0.3 is 10.1 Å². The first-order valence-corrected chi connectivity index (χ1v) is 6.45. The number of likely N-dealkylation sites (tertiary alicyclic amines) is 1. The number of hydrogen-bond acceptors (Lipinski definition) is 4. The van der Waals surface area contributed by atoms with Gasteiger partial charge in [0.05, 0.1) is 18.4 Å². The molecule has 0 aromatic heterocycles. The first-order chi connectivity index (χ1) is 8.75. The minimum Gasteiger partial charge on any atom is -0.383 e. The Labute approximate surface area is 107 Å². The lowest BCUT2D eigenvalue weighted by molar-refractivity contribution is -0.139. The predicted octanol–water partition coefficient (Wildman–Crippen LogP) is 0.174. The highest BCUT2D eigenvalue weighted by atomic mass is 16.5. The lowest BCUT2D eigenvalue weighted by Crippen LogP contribution is -2.37. The van der Waals surface area contributed by atoms with Crippen molar-refractivity contribution in [3.63, 3.8) is 0 Å². The van der Waals surface area contributed by atoms with Gasteiger partial charge in [-0.3, -0.25) is 14.5 Å². The second kappa shape index (κ2) is 6.11. The van der Waals surface area contributed by atoms with Crippen LogP contribution in [0.2, 0.25) is 0 Å². The molecule has 0 aromatic rings. The van der Waals surface area contributed by atoms with Gasteiger partial charge in [-0.2, -0.15) is 0 Å². The maximum Gasteiger partial charge on any atom is 0.233 e. The number of carbonyl (C=O) groups excluding carboxylic acids is 2. The molecule has 1 aliphatic carbocycles. The number of amides is 2. The molecule has 5 nitrogen and oxygen atoms in total. The van der Waals surface area contributed by atoms with Crippen molar-refractivity contribution in [1.82, 2.24) is 10.2 Å². The minimum absolute atomic E-state index is 0.00268. The second-order valence-electron chi connectivity index (χ2n) is 4.73. The van der Waals surface area contributed by atoms with Gasteiger partial charge in [0, 0.05) is 26.7 Å². The summed E-state index contributed by atoms with van der Waals surface area (Å²) in [4.78, 5) is 25.6. The number of rotatable bonds is 6. The molecule has 1 aliphatic heterocycles. The van der Waals surface area contributed by atoms with Crippen molar-refractivity contribution in [3.05, 3.63) is 12.2 Å². The van der Waals surface area contributed by atoms with Crippen molar-refractivity contribution in [1.29, 1.82) is 0 Å². The van der Waals surface area contributed by atoms with Gasteiger partial charge in [-0.15, -0.1) is 0 Å². The van der Waals surface area contributed by atoms with Crippen LogP contribution in [0.25, 0.3) is 0 Å². The maximum atomic E-state index is 12.1. The Morgan fingerprint density at radius 2 is 1.83 bits per heavy atom. The number of carbonyl (C=O) groups is 2. The summed E-state index contributed by atoms with van der Waals surface area (Å²) in [5.41, 5.74) is 0. The maximum absolute atomic E-state index is 12.1. The van der Waals surface area contributed by atoms with Crippen LogP contribution >= 0.6 is 0 Å². The number of allylic oxidation sites excluding steroid dienone is 2. The van der Waals surface area contributed by atoms with E-state index in [1.54, 1.807) is 7.11 Å². The molecule has 0 spiro atoms. The van der Waals surface area contributed by atoms with E-state index in [0.29, 0.717) is 32.5 Å². The lowest BCUT2D eigenvalue weighted by atomic mass is 9.85. The van der Waals surface area contributed by atoms with Gasteiger partial charge in [0.2, 0.25) is 11.8 Å². The molecule has 2 aliphatic rings. The lowest BCUT2D eigenvalue weighted by Gasteiger charge is -2.14. The zero-order chi connectivity index (χ0) is 13.0. The highest BCUT2D eigenvalue weighted by Gasteiger charge is 2.46. The SMILES string of the molecule is COCCNCCN1C(=O)C2CC=CCC2C1=O. The summed E-state index contributed by atoms with van der Waals surface area (Å²) in [5.74, 6) is -0.214. The normalized spacial score (nSPS) is 26.8. The van der Waals surface area contributed by atoms with E-state index in [2.05, 4.69) is 5.32 Å². The summed E-state index contributed by atoms with van der Waals surface area (Å²) < 4.78 is 4.92. The Morgan fingerprint density at radius 1 is 1.22 bits per heavy atom. The average Bonchev–Trinajstić information content (AvgIpc) is 2.64. The van der Waals surface area contributed by atoms with Gasteiger partial charge >= 0.3 is 0 Å². The van der Waals surface area contributed by atoms with Crippen LogP contribution in [-0.4, -0.2) is 50.1 Å². The Hall–Kier alpha value is -1.20. The molecular weight excluding hydrogens is 232 g/mol. The molecule has 100 valence electrons. The summed E-state index contributed by atoms with van der Waals surface area (Å²) in [6.45, 7) is 2.47. The number of fused-ring (bicyclic) bond motifs is 1. The summed E-state index contributed by atoms with van der Waals surface area (Å²) in [6, 6.07) is 0. The molecule has 1 N–H and O–H groups in total. The molecule has 2 rings (SSSR count). The third kappa shape index (κ3) is 2.62. The molecule has 0 aromatic carbocycles. The first kappa shape index (κ1) is 13.2. The number of ether oxygens (including phenoxy) is 1. The van der Waals surface area contributed by atoms with Crippen LogP contribution in [0.4, 0.5) is 0 Å². The third-order valence-electron chi connectivity index (χ3n) is 3.59. The minimum atomic E-state index is -0.110. The first-order valence-electron chi connectivity index (χ1n) is 6.45. The van der Waals surface area contributed by atoms with E-state index < -0.39 is 0 Å². The summed E-state index contributed by atoms with van der Waals surface area (Å²) in [7, 11) is 1.65. The molecular formula is C13H20N2O3. The quantitative estimate of drug-likeness (QED) is 0.416. The van der Waals surface area contributed by atoms with E-state index in [1.807, 2.05) is 12.2 Å². The van der Waals surface area contributed by atoms with E-state index in [4.69, 9.17) is 4.74 Å². The van der Waals surface area contributed by atoms with Crippen molar-refractivity contribution in [2.75, 3.05) is 33.4 Å². The van der Waals surface area contributed by atoms with Crippen LogP contribution in [0.1, 0.15) is 12.8 Å². The van der Waals surface area contributed by atoms with Crippen LogP contribution in [0.5, 0.6) is 0 Å². The molecule has 1 fully saturated rings. The zero-order valence-corrected chi connectivity index (χ0v) is 10.7. The van der Waals surface area contributed by atoms with Gasteiger partial charge in [0.1, 0.15) is 0 Å². The van der Waals surface area contributed by atoms with Gasteiger partial charge in [-0.05, 0) is 12.8 Å². The molecule has 5 heteroatoms. The number of nitrogens with zero attached hydrogens (tertiary/aromatic N) is 1. The fourth-order valence-electron chi connectivity index (χ4n) is 2.58. The standard InChI is InChI=1S/C13H20N2O3/c1-18-9-7-14-6-8-15-12(16)10-4-2-3-5-11(10)13(15)17/h2-3,10-11,14H,4-9H2,1H3. The van der Waals surface area contributed by atoms with Crippen LogP contribution in [0.15, 0.2) is 12.2 Å². The number of methoxy groups -OCH3 is 1. The Balaban J connectivity index is 1.83. The highest BCUT2D eigenvalue weighted by Crippen LogP contribution is 2.34. The highest BCUT2D eigenvalue weighted by molar-refractivity contribution is 6.05. The van der Waals surface area contributed by atoms with Gasteiger partial charge in [-0.25, -0.2) is 0 Å². The molecule has 18 heavy (non-hydrogen) atoms. The molecule has 1 saturated heterocycles. The second-order valence-corrected chi connectivity index (χ2v) is 4.73. The van der Waals surface area contributed by atoms with Gasteiger partial charge in [0.25, 0.3) is 0 Å². The van der Waals surface area contributed by atoms with Crippen LogP contribution in [0, 0.1) is 11.8 Å². The van der Waals surface area contributed by atoms with Crippen molar-refractivity contribution < 1.29 is 14.3 Å². The molecule has 1 heterocycles. The van der Waals surface area contributed by atoms with Gasteiger partial charge in [-0.1, -0.05) is 12.2 Å². The average molecular weight is 252 g/mol. The fourth-order valence-corrected chi connectivity index (χ4v) is 2.58. The van der Waals surface area contributed by atoms with E-state index in [1.165, 1.54) is 4.90 Å². The Morgan fingerprint density at radius 3 is 2.39 bits per heavy atom. The largest absolute Gasteiger partial charge is 0.383 e. The molecule has 2 amide bonds. The molecule has 2 atom stereocenters. The monoisotopic (exact) mass is 252 g/mol. The number of hydrogen-bond donors (Lipinski definition) is 1. The van der Waals surface area contributed by atoms with E-state index in [0.717, 1.165) is 6.54 Å². The Bertz CT molecular complexity index is 328. The number of imide groups is 1. The third-order valence-corrected chi connectivity index (χ3v) is 3.59. The van der Waals surface area contributed by atoms with Crippen LogP contribution in [0.3, 0.4) is 0 Å². The van der Waals surface area contributed by atoms with Crippen molar-refractivity contribution in [2.45, 2.75) is 12.8 Å². The molecule has 0 radical (unpaired) electrons. The van der Waals surface area contributed by atoms with Crippen molar-refractivity contribution in [2.24, 2.45) is 11.8 Å². The molecule has 2 unspecified atom stereocenters. The van der Waals surface area contributed by atoms with E-state index in [9.17, 15) is 9.59 Å². The smallest absolute Gasteiger partial charge is 0.233 e. The summed E-state index contributed by atoms with van der Waals surface area (Å²) in [6.07, 6.45) is 5.44. The van der Waals surface area contributed by atoms with Crippen molar-refractivity contribution in [3.8, 4) is 0 Å². The summed E-state index contributed by atoms with van der Waals surface area (Å²) in [5, 5.41) is 3.15. The topological polar surface area (TPSA) is 58.6 Å². The van der Waals surface area contributed by atoms with E-state index >= 15 is 0 Å². The number of nitrogens with one attached hydrogen (secondary N) is 1. The van der Waals surface area contributed by atoms with E-state index in [-0.39, 0.29) is 23.7 Å². The fraction of sp³-hybridized carbons (Fsp3) is 0.692.